The van der Waals surface area contributed by atoms with Gasteiger partial charge in [0.05, 0.1) is 30.9 Å². The number of aryl methyl sites for hydroxylation is 1. The molecule has 7 nitrogen and oxygen atoms in total. The molecule has 0 bridgehead atoms. The first-order valence-electron chi connectivity index (χ1n) is 10.7. The second-order valence-electron chi connectivity index (χ2n) is 7.50. The molecule has 0 atom stereocenters. The van der Waals surface area contributed by atoms with E-state index in [0.717, 1.165) is 41.3 Å². The van der Waals surface area contributed by atoms with Gasteiger partial charge in [0, 0.05) is 32.6 Å². The highest BCUT2D eigenvalue weighted by Crippen LogP contribution is 2.28. The van der Waals surface area contributed by atoms with Crippen LogP contribution in [0.25, 0.3) is 11.0 Å². The Hall–Kier alpha value is -3.35. The number of piperazine rings is 1. The Kier molecular flexibility index (Phi) is 6.50. The number of aromatic nitrogens is 2. The van der Waals surface area contributed by atoms with Crippen molar-refractivity contribution in [2.24, 2.45) is 0 Å². The van der Waals surface area contributed by atoms with Gasteiger partial charge in [0.2, 0.25) is 5.91 Å². The summed E-state index contributed by atoms with van der Waals surface area (Å²) in [5, 5.41) is 0. The monoisotopic (exact) mass is 420 g/mol. The van der Waals surface area contributed by atoms with E-state index in [9.17, 15) is 4.79 Å². The van der Waals surface area contributed by atoms with Gasteiger partial charge in [0.15, 0.2) is 11.5 Å². The summed E-state index contributed by atoms with van der Waals surface area (Å²) < 4.78 is 11.0. The third-order valence-corrected chi connectivity index (χ3v) is 5.55. The molecule has 1 aliphatic rings. The molecule has 2 aromatic carbocycles. The maximum atomic E-state index is 12.7. The molecule has 0 radical (unpaired) electrons. The molecule has 1 saturated heterocycles. The number of hydrogen-bond donors (Lipinski definition) is 0. The molecule has 1 aromatic heterocycles. The fourth-order valence-corrected chi connectivity index (χ4v) is 3.84. The average molecular weight is 421 g/mol. The number of amides is 1. The zero-order chi connectivity index (χ0) is 21.6. The van der Waals surface area contributed by atoms with Crippen LogP contribution in [-0.4, -0.2) is 60.7 Å². The van der Waals surface area contributed by atoms with Gasteiger partial charge in [-0.1, -0.05) is 18.2 Å². The predicted molar refractivity (Wildman–Crippen MR) is 121 cm³/mol. The van der Waals surface area contributed by atoms with Crippen LogP contribution >= 0.6 is 0 Å². The summed E-state index contributed by atoms with van der Waals surface area (Å²) in [5.74, 6) is 2.48. The zero-order valence-corrected chi connectivity index (χ0v) is 18.1. The Morgan fingerprint density at radius 1 is 1.03 bits per heavy atom. The van der Waals surface area contributed by atoms with Crippen molar-refractivity contribution >= 4 is 22.8 Å². The van der Waals surface area contributed by atoms with Crippen molar-refractivity contribution < 1.29 is 14.3 Å². The van der Waals surface area contributed by atoms with E-state index in [2.05, 4.69) is 9.88 Å². The quantitative estimate of drug-likeness (QED) is 0.584. The highest BCUT2D eigenvalue weighted by Gasteiger charge is 2.22. The van der Waals surface area contributed by atoms with E-state index in [1.165, 1.54) is 0 Å². The van der Waals surface area contributed by atoms with Crippen molar-refractivity contribution in [1.82, 2.24) is 14.9 Å². The second kappa shape index (κ2) is 9.64. The van der Waals surface area contributed by atoms with E-state index in [1.807, 2.05) is 60.5 Å². The number of benzene rings is 2. The molecule has 1 aliphatic heterocycles. The summed E-state index contributed by atoms with van der Waals surface area (Å²) in [6.07, 6.45) is 2.98. The van der Waals surface area contributed by atoms with Crippen LogP contribution in [0.15, 0.2) is 48.7 Å². The Bertz CT molecular complexity index is 1050. The molecule has 1 amide bonds. The average Bonchev–Trinajstić information content (AvgIpc) is 2.83. The third kappa shape index (κ3) is 4.87. The maximum absolute atomic E-state index is 12.7. The first-order valence-corrected chi connectivity index (χ1v) is 10.7. The Morgan fingerprint density at radius 3 is 2.55 bits per heavy atom. The van der Waals surface area contributed by atoms with Crippen molar-refractivity contribution in [3.05, 3.63) is 54.2 Å². The van der Waals surface area contributed by atoms with Gasteiger partial charge in [-0.3, -0.25) is 9.78 Å². The van der Waals surface area contributed by atoms with Crippen molar-refractivity contribution in [3.8, 4) is 11.5 Å². The van der Waals surface area contributed by atoms with Crippen LogP contribution in [-0.2, 0) is 11.2 Å². The van der Waals surface area contributed by atoms with E-state index in [-0.39, 0.29) is 5.91 Å². The van der Waals surface area contributed by atoms with E-state index < -0.39 is 0 Å². The number of nitrogens with zero attached hydrogens (tertiary/aromatic N) is 4. The summed E-state index contributed by atoms with van der Waals surface area (Å²) in [5.41, 5.74) is 2.86. The summed E-state index contributed by atoms with van der Waals surface area (Å²) in [4.78, 5) is 26.1. The number of ether oxygens (including phenoxy) is 2. The van der Waals surface area contributed by atoms with Crippen LogP contribution in [0.5, 0.6) is 11.5 Å². The fraction of sp³-hybridized carbons (Fsp3) is 0.375. The van der Waals surface area contributed by atoms with Crippen LogP contribution in [0, 0.1) is 0 Å². The molecule has 0 spiro atoms. The maximum Gasteiger partial charge on any atom is 0.223 e. The molecule has 0 saturated carbocycles. The van der Waals surface area contributed by atoms with Gasteiger partial charge in [-0.15, -0.1) is 0 Å². The van der Waals surface area contributed by atoms with Crippen molar-refractivity contribution in [2.45, 2.75) is 19.8 Å². The molecular weight excluding hydrogens is 392 g/mol. The van der Waals surface area contributed by atoms with Crippen LogP contribution in [0.1, 0.15) is 18.9 Å². The lowest BCUT2D eigenvalue weighted by Gasteiger charge is -2.35. The first kappa shape index (κ1) is 20.9. The summed E-state index contributed by atoms with van der Waals surface area (Å²) in [7, 11) is 1.63. The summed E-state index contributed by atoms with van der Waals surface area (Å²) >= 11 is 0. The largest absolute Gasteiger partial charge is 0.493 e. The van der Waals surface area contributed by atoms with Crippen molar-refractivity contribution in [1.29, 1.82) is 0 Å². The number of anilines is 1. The highest BCUT2D eigenvalue weighted by molar-refractivity contribution is 5.77. The third-order valence-electron chi connectivity index (χ3n) is 5.55. The molecule has 4 rings (SSSR count). The van der Waals surface area contributed by atoms with E-state index in [4.69, 9.17) is 14.5 Å². The molecule has 31 heavy (non-hydrogen) atoms. The topological polar surface area (TPSA) is 67.8 Å². The normalized spacial score (nSPS) is 14.0. The number of rotatable bonds is 7. The van der Waals surface area contributed by atoms with Crippen molar-refractivity contribution in [3.63, 3.8) is 0 Å². The van der Waals surface area contributed by atoms with Crippen molar-refractivity contribution in [2.75, 3.05) is 44.8 Å². The minimum absolute atomic E-state index is 0.178. The van der Waals surface area contributed by atoms with Gasteiger partial charge in [-0.05, 0) is 43.2 Å². The molecule has 0 N–H and O–H groups in total. The van der Waals surface area contributed by atoms with Gasteiger partial charge < -0.3 is 19.3 Å². The number of fused-ring (bicyclic) bond motifs is 1. The van der Waals surface area contributed by atoms with Gasteiger partial charge in [-0.25, -0.2) is 4.98 Å². The van der Waals surface area contributed by atoms with Gasteiger partial charge in [0.1, 0.15) is 5.82 Å². The van der Waals surface area contributed by atoms with E-state index >= 15 is 0 Å². The number of carbonyl (C=O) groups is 1. The number of methoxy groups -OCH3 is 1. The molecule has 0 unspecified atom stereocenters. The van der Waals surface area contributed by atoms with Gasteiger partial charge >= 0.3 is 0 Å². The molecule has 162 valence electrons. The number of carbonyl (C=O) groups excluding carboxylic acids is 1. The second-order valence-corrected chi connectivity index (χ2v) is 7.50. The molecule has 1 fully saturated rings. The lowest BCUT2D eigenvalue weighted by Crippen LogP contribution is -2.49. The smallest absolute Gasteiger partial charge is 0.223 e. The minimum Gasteiger partial charge on any atom is -0.493 e. The van der Waals surface area contributed by atoms with E-state index in [1.54, 1.807) is 7.11 Å². The zero-order valence-electron chi connectivity index (χ0n) is 18.1. The lowest BCUT2D eigenvalue weighted by molar-refractivity contribution is -0.131. The molecule has 0 aliphatic carbocycles. The fourth-order valence-electron chi connectivity index (χ4n) is 3.84. The first-order chi connectivity index (χ1) is 15.2. The van der Waals surface area contributed by atoms with E-state index in [0.29, 0.717) is 38.3 Å². The highest BCUT2D eigenvalue weighted by atomic mass is 16.5. The minimum atomic E-state index is 0.178. The van der Waals surface area contributed by atoms with Crippen LogP contribution in [0.2, 0.25) is 0 Å². The molecule has 7 heteroatoms. The van der Waals surface area contributed by atoms with Crippen LogP contribution < -0.4 is 14.4 Å². The standard InChI is InChI=1S/C24H28N4O3/c1-3-31-21-10-8-18(16-22(21)30-2)9-11-24(29)28-14-12-27(13-15-28)23-17-25-19-6-4-5-7-20(19)26-23/h4-8,10,16-17H,3,9,11-15H2,1-2H3. The Labute approximate surface area is 182 Å². The lowest BCUT2D eigenvalue weighted by atomic mass is 10.1. The molecule has 2 heterocycles. The Morgan fingerprint density at radius 2 is 1.81 bits per heavy atom. The number of hydrogen-bond acceptors (Lipinski definition) is 6. The molecular formula is C24H28N4O3. The SMILES string of the molecule is CCOc1ccc(CCC(=O)N2CCN(c3cnc4ccccc4n3)CC2)cc1OC. The van der Waals surface area contributed by atoms with Gasteiger partial charge in [0.25, 0.3) is 0 Å². The number of para-hydroxylation sites is 2. The molecule has 3 aromatic rings. The Balaban J connectivity index is 1.31. The summed E-state index contributed by atoms with van der Waals surface area (Å²) in [6.45, 7) is 5.44. The van der Waals surface area contributed by atoms with Crippen LogP contribution in [0.4, 0.5) is 5.82 Å². The van der Waals surface area contributed by atoms with Crippen LogP contribution in [0.3, 0.4) is 0 Å². The summed E-state index contributed by atoms with van der Waals surface area (Å²) in [6, 6.07) is 13.7. The van der Waals surface area contributed by atoms with Gasteiger partial charge in [-0.2, -0.15) is 0 Å². The predicted octanol–water partition coefficient (Wildman–Crippen LogP) is 3.32.